The van der Waals surface area contributed by atoms with E-state index >= 15 is 0 Å². The highest BCUT2D eigenvalue weighted by molar-refractivity contribution is 9.10. The van der Waals surface area contributed by atoms with E-state index in [0.29, 0.717) is 21.7 Å². The van der Waals surface area contributed by atoms with Gasteiger partial charge in [0.2, 0.25) is 5.91 Å². The monoisotopic (exact) mass is 330 g/mol. The number of hydrogen-bond acceptors (Lipinski definition) is 4. The third-order valence-corrected chi connectivity index (χ3v) is 3.50. The number of hydrogen-bond donors (Lipinski definition) is 1. The molecule has 18 heavy (non-hydrogen) atoms. The minimum Gasteiger partial charge on any atom is -0.324 e. The molecule has 7 heteroatoms. The Morgan fingerprint density at radius 3 is 2.89 bits per heavy atom. The summed E-state index contributed by atoms with van der Waals surface area (Å²) in [4.78, 5) is 21.6. The summed E-state index contributed by atoms with van der Waals surface area (Å²) in [5.74, 6) is 0.862. The fourth-order valence-corrected chi connectivity index (χ4v) is 2.15. The molecule has 0 aromatic heterocycles. The molecule has 1 amide bonds. The largest absolute Gasteiger partial charge is 0.324 e. The van der Waals surface area contributed by atoms with Crippen LogP contribution >= 0.6 is 27.7 Å². The molecule has 0 aliphatic rings. The highest BCUT2D eigenvalue weighted by Crippen LogP contribution is 2.27. The van der Waals surface area contributed by atoms with Crippen LogP contribution in [-0.4, -0.2) is 22.3 Å². The molecule has 0 atom stereocenters. The molecule has 0 spiro atoms. The molecule has 0 aliphatic carbocycles. The summed E-state index contributed by atoms with van der Waals surface area (Å²) < 4.78 is 0.485. The first-order chi connectivity index (χ1) is 8.54. The van der Waals surface area contributed by atoms with Gasteiger partial charge in [-0.1, -0.05) is 6.08 Å². The smallest absolute Gasteiger partial charge is 0.270 e. The Balaban J connectivity index is 2.65. The molecule has 96 valence electrons. The van der Waals surface area contributed by atoms with Crippen molar-refractivity contribution in [3.8, 4) is 0 Å². The number of anilines is 1. The second-order valence-electron chi connectivity index (χ2n) is 3.27. The van der Waals surface area contributed by atoms with Gasteiger partial charge in [0.1, 0.15) is 0 Å². The summed E-state index contributed by atoms with van der Waals surface area (Å²) in [5.41, 5.74) is 0.491. The van der Waals surface area contributed by atoms with Crippen LogP contribution in [0.15, 0.2) is 35.3 Å². The van der Waals surface area contributed by atoms with Crippen LogP contribution in [0, 0.1) is 10.1 Å². The van der Waals surface area contributed by atoms with E-state index in [1.54, 1.807) is 6.08 Å². The minimum absolute atomic E-state index is 0.0269. The van der Waals surface area contributed by atoms with E-state index in [9.17, 15) is 14.9 Å². The SMILES string of the molecule is C=CCSCC(=O)Nc1ccc([N+](=O)[O-])cc1Br. The van der Waals surface area contributed by atoms with Gasteiger partial charge >= 0.3 is 0 Å². The summed E-state index contributed by atoms with van der Waals surface area (Å²) in [7, 11) is 0. The third-order valence-electron chi connectivity index (χ3n) is 1.91. The molecule has 1 rings (SSSR count). The Bertz CT molecular complexity index is 479. The van der Waals surface area contributed by atoms with Crippen LogP contribution < -0.4 is 5.32 Å². The van der Waals surface area contributed by atoms with Gasteiger partial charge in [-0.15, -0.1) is 18.3 Å². The van der Waals surface area contributed by atoms with Crippen LogP contribution in [0.5, 0.6) is 0 Å². The zero-order chi connectivity index (χ0) is 13.5. The maximum atomic E-state index is 11.5. The summed E-state index contributed by atoms with van der Waals surface area (Å²) in [6, 6.07) is 4.20. The van der Waals surface area contributed by atoms with Crippen LogP contribution in [0.1, 0.15) is 0 Å². The van der Waals surface area contributed by atoms with Crippen molar-refractivity contribution < 1.29 is 9.72 Å². The van der Waals surface area contributed by atoms with Gasteiger partial charge in [0.15, 0.2) is 0 Å². The molecule has 1 N–H and O–H groups in total. The lowest BCUT2D eigenvalue weighted by atomic mass is 10.3. The number of nitrogens with one attached hydrogen (secondary N) is 1. The molecule has 0 saturated heterocycles. The molecule has 0 aliphatic heterocycles. The molecule has 1 aromatic rings. The van der Waals surface area contributed by atoms with Gasteiger partial charge < -0.3 is 5.32 Å². The predicted octanol–water partition coefficient (Wildman–Crippen LogP) is 3.22. The number of benzene rings is 1. The topological polar surface area (TPSA) is 72.2 Å². The number of thioether (sulfide) groups is 1. The molecule has 0 unspecified atom stereocenters. The number of carbonyl (C=O) groups excluding carboxylic acids is 1. The maximum Gasteiger partial charge on any atom is 0.270 e. The van der Waals surface area contributed by atoms with Crippen LogP contribution in [0.3, 0.4) is 0 Å². The van der Waals surface area contributed by atoms with Crippen LogP contribution in [0.25, 0.3) is 0 Å². The Morgan fingerprint density at radius 1 is 1.61 bits per heavy atom. The van der Waals surface area contributed by atoms with Crippen molar-refractivity contribution in [2.45, 2.75) is 0 Å². The van der Waals surface area contributed by atoms with Crippen molar-refractivity contribution >= 4 is 45.0 Å². The van der Waals surface area contributed by atoms with Gasteiger partial charge in [-0.05, 0) is 22.0 Å². The van der Waals surface area contributed by atoms with Crippen molar-refractivity contribution in [1.29, 1.82) is 0 Å². The zero-order valence-corrected chi connectivity index (χ0v) is 11.8. The molecule has 0 bridgehead atoms. The normalized spacial score (nSPS) is 9.83. The van der Waals surface area contributed by atoms with Gasteiger partial charge in [-0.3, -0.25) is 14.9 Å². The van der Waals surface area contributed by atoms with Crippen LogP contribution in [0.2, 0.25) is 0 Å². The summed E-state index contributed by atoms with van der Waals surface area (Å²) in [6.45, 7) is 3.56. The number of non-ortho nitro benzene ring substituents is 1. The van der Waals surface area contributed by atoms with Crippen molar-refractivity contribution in [3.05, 3.63) is 45.4 Å². The predicted molar refractivity (Wildman–Crippen MR) is 76.9 cm³/mol. The van der Waals surface area contributed by atoms with Crippen molar-refractivity contribution in [3.63, 3.8) is 0 Å². The Labute approximate surface area is 117 Å². The first-order valence-electron chi connectivity index (χ1n) is 4.97. The van der Waals surface area contributed by atoms with E-state index in [2.05, 4.69) is 27.8 Å². The molecule has 0 fully saturated rings. The van der Waals surface area contributed by atoms with E-state index in [0.717, 1.165) is 0 Å². The molecule has 0 saturated carbocycles. The number of carbonyl (C=O) groups is 1. The number of amides is 1. The lowest BCUT2D eigenvalue weighted by molar-refractivity contribution is -0.384. The molecule has 0 radical (unpaired) electrons. The zero-order valence-electron chi connectivity index (χ0n) is 9.39. The first-order valence-corrected chi connectivity index (χ1v) is 6.91. The maximum absolute atomic E-state index is 11.5. The van der Waals surface area contributed by atoms with Crippen LogP contribution in [0.4, 0.5) is 11.4 Å². The molecule has 1 aromatic carbocycles. The van der Waals surface area contributed by atoms with Crippen molar-refractivity contribution in [2.24, 2.45) is 0 Å². The fraction of sp³-hybridized carbons (Fsp3) is 0.182. The van der Waals surface area contributed by atoms with Gasteiger partial charge in [0, 0.05) is 22.4 Å². The van der Waals surface area contributed by atoms with Crippen molar-refractivity contribution in [1.82, 2.24) is 0 Å². The van der Waals surface area contributed by atoms with E-state index in [1.165, 1.54) is 30.0 Å². The number of nitro groups is 1. The van der Waals surface area contributed by atoms with Crippen LogP contribution in [-0.2, 0) is 4.79 Å². The Morgan fingerprint density at radius 2 is 2.33 bits per heavy atom. The summed E-state index contributed by atoms with van der Waals surface area (Å²) in [5, 5.41) is 13.2. The quantitative estimate of drug-likeness (QED) is 0.376. The van der Waals surface area contributed by atoms with Crippen molar-refractivity contribution in [2.75, 3.05) is 16.8 Å². The molecule has 5 nitrogen and oxygen atoms in total. The van der Waals surface area contributed by atoms with Gasteiger partial charge in [-0.2, -0.15) is 0 Å². The fourth-order valence-electron chi connectivity index (χ4n) is 1.14. The van der Waals surface area contributed by atoms with E-state index in [-0.39, 0.29) is 11.6 Å². The standard InChI is InChI=1S/C11H11BrN2O3S/c1-2-5-18-7-11(15)13-10-4-3-8(14(16)17)6-9(10)12/h2-4,6H,1,5,7H2,(H,13,15). The third kappa shape index (κ3) is 4.50. The molecular weight excluding hydrogens is 320 g/mol. The lowest BCUT2D eigenvalue weighted by Crippen LogP contribution is -2.14. The average Bonchev–Trinajstić information content (AvgIpc) is 2.32. The Kier molecular flexibility index (Phi) is 5.87. The minimum atomic E-state index is -0.490. The second-order valence-corrected chi connectivity index (χ2v) is 5.16. The molecule has 0 heterocycles. The average molecular weight is 331 g/mol. The number of halogens is 1. The van der Waals surface area contributed by atoms with E-state index in [1.807, 2.05) is 0 Å². The Hall–Kier alpha value is -1.34. The van der Waals surface area contributed by atoms with Gasteiger partial charge in [0.05, 0.1) is 16.4 Å². The number of nitro benzene ring substituents is 1. The highest BCUT2D eigenvalue weighted by atomic mass is 79.9. The van der Waals surface area contributed by atoms with E-state index < -0.39 is 4.92 Å². The lowest BCUT2D eigenvalue weighted by Gasteiger charge is -2.06. The van der Waals surface area contributed by atoms with Gasteiger partial charge in [0.25, 0.3) is 5.69 Å². The van der Waals surface area contributed by atoms with Gasteiger partial charge in [-0.25, -0.2) is 0 Å². The number of nitrogens with zero attached hydrogens (tertiary/aromatic N) is 1. The van der Waals surface area contributed by atoms with E-state index in [4.69, 9.17) is 0 Å². The second kappa shape index (κ2) is 7.17. The molecular formula is C11H11BrN2O3S. The summed E-state index contributed by atoms with van der Waals surface area (Å²) >= 11 is 4.62. The number of rotatable bonds is 6. The summed E-state index contributed by atoms with van der Waals surface area (Å²) in [6.07, 6.45) is 1.72. The highest BCUT2D eigenvalue weighted by Gasteiger charge is 2.10. The first kappa shape index (κ1) is 14.7.